The van der Waals surface area contributed by atoms with Gasteiger partial charge in [0.15, 0.2) is 0 Å². The number of thioether (sulfide) groups is 1. The first-order valence-corrected chi connectivity index (χ1v) is 10.7. The third-order valence-corrected chi connectivity index (χ3v) is 4.62. The lowest BCUT2D eigenvalue weighted by molar-refractivity contribution is -0.115. The van der Waals surface area contributed by atoms with Gasteiger partial charge in [0.2, 0.25) is 0 Å². The van der Waals surface area contributed by atoms with Crippen molar-refractivity contribution in [3.05, 3.63) is 59.1 Å². The third kappa shape index (κ3) is 7.88. The fourth-order valence-electron chi connectivity index (χ4n) is 2.48. The van der Waals surface area contributed by atoms with Crippen LogP contribution in [0.15, 0.2) is 53.6 Å². The molecule has 1 aromatic carbocycles. The van der Waals surface area contributed by atoms with Gasteiger partial charge in [0.05, 0.1) is 11.4 Å². The lowest BCUT2D eigenvalue weighted by Crippen LogP contribution is -2.28. The van der Waals surface area contributed by atoms with Gasteiger partial charge in [-0.2, -0.15) is 0 Å². The first-order valence-electron chi connectivity index (χ1n) is 9.87. The number of rotatable bonds is 7. The van der Waals surface area contributed by atoms with E-state index in [0.717, 1.165) is 42.0 Å². The smallest absolute Gasteiger partial charge is 0.290 e. The maximum Gasteiger partial charge on any atom is 0.290 e. The Kier molecular flexibility index (Phi) is 11.9. The molecule has 0 bridgehead atoms. The number of nitrogens with zero attached hydrogens (tertiary/aromatic N) is 2. The van der Waals surface area contributed by atoms with E-state index in [-0.39, 0.29) is 11.1 Å². The number of carbonyl (C=O) groups excluding carboxylic acids is 2. The van der Waals surface area contributed by atoms with Crippen LogP contribution in [0, 0.1) is 0 Å². The number of nitrogens with one attached hydrogen (secondary N) is 1. The summed E-state index contributed by atoms with van der Waals surface area (Å²) in [6, 6.07) is 13.3. The van der Waals surface area contributed by atoms with Crippen LogP contribution in [0.4, 0.5) is 10.6 Å². The summed E-state index contributed by atoms with van der Waals surface area (Å²) in [7, 11) is 1.50. The van der Waals surface area contributed by atoms with Crippen LogP contribution >= 0.6 is 11.8 Å². The van der Waals surface area contributed by atoms with E-state index >= 15 is 0 Å². The molecule has 2 amide bonds. The number of amides is 2. The molecule has 1 saturated heterocycles. The van der Waals surface area contributed by atoms with E-state index in [4.69, 9.17) is 4.74 Å². The van der Waals surface area contributed by atoms with E-state index < -0.39 is 0 Å². The minimum atomic E-state index is -0.352. The number of likely N-dealkylation sites (N-methyl/N-ethyl adjacent to an activating group) is 1. The maximum absolute atomic E-state index is 11.6. The van der Waals surface area contributed by atoms with Gasteiger partial charge < -0.3 is 15.4 Å². The van der Waals surface area contributed by atoms with Crippen LogP contribution in [0.5, 0.6) is 5.75 Å². The molecule has 162 valence electrons. The summed E-state index contributed by atoms with van der Waals surface area (Å²) >= 11 is 0.909. The molecule has 3 rings (SSSR count). The molecule has 30 heavy (non-hydrogen) atoms. The largest absolute Gasteiger partial charge is 0.492 e. The van der Waals surface area contributed by atoms with Crippen LogP contribution in [0.25, 0.3) is 6.08 Å². The predicted molar refractivity (Wildman–Crippen MR) is 125 cm³/mol. The Balaban J connectivity index is 0.00000106. The SMILES string of the molecule is CC.CCN(CCOc1ccc(/C=C2/SC(=O)NC2=O)cc1)c1ccccn1.CN. The Bertz CT molecular complexity index is 811. The highest BCUT2D eigenvalue weighted by molar-refractivity contribution is 8.18. The molecule has 0 atom stereocenters. The van der Waals surface area contributed by atoms with Crippen molar-refractivity contribution >= 4 is 34.8 Å². The normalized spacial score (nSPS) is 13.6. The first-order chi connectivity index (χ1) is 14.7. The zero-order valence-corrected chi connectivity index (χ0v) is 18.7. The van der Waals surface area contributed by atoms with Gasteiger partial charge in [-0.05, 0) is 61.6 Å². The quantitative estimate of drug-likeness (QED) is 0.643. The zero-order chi connectivity index (χ0) is 22.4. The van der Waals surface area contributed by atoms with Gasteiger partial charge in [0.1, 0.15) is 18.2 Å². The fraction of sp³-hybridized carbons (Fsp3) is 0.318. The van der Waals surface area contributed by atoms with Gasteiger partial charge in [0, 0.05) is 12.7 Å². The van der Waals surface area contributed by atoms with E-state index in [1.807, 2.05) is 56.3 Å². The molecular formula is C22H30N4O3S. The van der Waals surface area contributed by atoms with Crippen molar-refractivity contribution in [2.75, 3.05) is 31.6 Å². The summed E-state index contributed by atoms with van der Waals surface area (Å²) in [5.74, 6) is 1.33. The second-order valence-electron chi connectivity index (χ2n) is 5.54. The summed E-state index contributed by atoms with van der Waals surface area (Å²) in [6.45, 7) is 8.21. The molecule has 0 aliphatic carbocycles. The average molecular weight is 431 g/mol. The van der Waals surface area contributed by atoms with Gasteiger partial charge in [0.25, 0.3) is 11.1 Å². The van der Waals surface area contributed by atoms with Crippen LogP contribution < -0.4 is 20.7 Å². The van der Waals surface area contributed by atoms with Crippen molar-refractivity contribution in [2.45, 2.75) is 20.8 Å². The predicted octanol–water partition coefficient (Wildman–Crippen LogP) is 3.91. The number of carbonyl (C=O) groups is 2. The topological polar surface area (TPSA) is 97.5 Å². The van der Waals surface area contributed by atoms with Crippen LogP contribution in [0.3, 0.4) is 0 Å². The molecule has 8 heteroatoms. The minimum Gasteiger partial charge on any atom is -0.492 e. The Morgan fingerprint density at radius 2 is 1.83 bits per heavy atom. The van der Waals surface area contributed by atoms with Gasteiger partial charge in [-0.15, -0.1) is 0 Å². The Labute approximate surface area is 182 Å². The van der Waals surface area contributed by atoms with E-state index in [9.17, 15) is 9.59 Å². The molecule has 3 N–H and O–H groups in total. The number of benzene rings is 1. The van der Waals surface area contributed by atoms with Crippen LogP contribution in [0.2, 0.25) is 0 Å². The maximum atomic E-state index is 11.6. The van der Waals surface area contributed by atoms with Crippen molar-refractivity contribution in [1.82, 2.24) is 10.3 Å². The van der Waals surface area contributed by atoms with Crippen LogP contribution in [0.1, 0.15) is 26.3 Å². The second-order valence-corrected chi connectivity index (χ2v) is 6.55. The second kappa shape index (κ2) is 14.2. The Hall–Kier alpha value is -2.84. The standard InChI is InChI=1S/C19H19N3O3S.C2H6.CH5N/c1-2-22(17-5-3-4-10-20-17)11-12-25-15-8-6-14(7-9-15)13-16-18(23)21-19(24)26-16;2*1-2/h3-10,13H,2,11-12H2,1H3,(H,21,23,24);1-2H3;2H2,1H3/b16-13+;;. The summed E-state index contributed by atoms with van der Waals surface area (Å²) in [5, 5.41) is 1.90. The summed E-state index contributed by atoms with van der Waals surface area (Å²) in [5.41, 5.74) is 5.34. The van der Waals surface area contributed by atoms with Gasteiger partial charge in [-0.25, -0.2) is 4.98 Å². The van der Waals surface area contributed by atoms with E-state index in [0.29, 0.717) is 11.5 Å². The number of hydrogen-bond acceptors (Lipinski definition) is 7. The Morgan fingerprint density at radius 3 is 2.37 bits per heavy atom. The highest BCUT2D eigenvalue weighted by Gasteiger charge is 2.24. The highest BCUT2D eigenvalue weighted by Crippen LogP contribution is 2.26. The molecule has 1 fully saturated rings. The van der Waals surface area contributed by atoms with E-state index in [1.165, 1.54) is 7.05 Å². The molecule has 0 radical (unpaired) electrons. The molecule has 1 aliphatic rings. The lowest BCUT2D eigenvalue weighted by atomic mass is 10.2. The van der Waals surface area contributed by atoms with Gasteiger partial charge >= 0.3 is 0 Å². The number of nitrogens with two attached hydrogens (primary N) is 1. The van der Waals surface area contributed by atoms with E-state index in [1.54, 1.807) is 12.3 Å². The molecular weight excluding hydrogens is 400 g/mol. The first kappa shape index (κ1) is 25.2. The average Bonchev–Trinajstić information content (AvgIpc) is 3.12. The molecule has 2 heterocycles. The van der Waals surface area contributed by atoms with Crippen LogP contribution in [-0.2, 0) is 4.79 Å². The van der Waals surface area contributed by atoms with Crippen LogP contribution in [-0.4, -0.2) is 42.9 Å². The highest BCUT2D eigenvalue weighted by atomic mass is 32.2. The number of hydrogen-bond donors (Lipinski definition) is 2. The molecule has 0 spiro atoms. The number of imide groups is 1. The summed E-state index contributed by atoms with van der Waals surface area (Å²) in [6.07, 6.45) is 3.47. The minimum absolute atomic E-state index is 0.338. The molecule has 7 nitrogen and oxygen atoms in total. The number of aromatic nitrogens is 1. The molecule has 1 aliphatic heterocycles. The van der Waals surface area contributed by atoms with Gasteiger partial charge in [-0.3, -0.25) is 14.9 Å². The zero-order valence-electron chi connectivity index (χ0n) is 17.9. The number of ether oxygens (including phenoxy) is 1. The van der Waals surface area contributed by atoms with Crippen molar-refractivity contribution < 1.29 is 14.3 Å². The molecule has 0 saturated carbocycles. The lowest BCUT2D eigenvalue weighted by Gasteiger charge is -2.21. The third-order valence-electron chi connectivity index (χ3n) is 3.80. The number of pyridine rings is 1. The molecule has 0 unspecified atom stereocenters. The van der Waals surface area contributed by atoms with Crippen molar-refractivity contribution in [1.29, 1.82) is 0 Å². The van der Waals surface area contributed by atoms with Gasteiger partial charge in [-0.1, -0.05) is 32.0 Å². The summed E-state index contributed by atoms with van der Waals surface area (Å²) < 4.78 is 5.79. The number of anilines is 1. The van der Waals surface area contributed by atoms with Crippen molar-refractivity contribution in [3.63, 3.8) is 0 Å². The Morgan fingerprint density at radius 1 is 1.13 bits per heavy atom. The monoisotopic (exact) mass is 430 g/mol. The molecule has 1 aromatic heterocycles. The van der Waals surface area contributed by atoms with Crippen molar-refractivity contribution in [3.8, 4) is 5.75 Å². The van der Waals surface area contributed by atoms with E-state index in [2.05, 4.69) is 27.9 Å². The van der Waals surface area contributed by atoms with Crippen molar-refractivity contribution in [2.24, 2.45) is 5.73 Å². The fourth-order valence-corrected chi connectivity index (χ4v) is 3.16. The molecule has 2 aromatic rings. The summed E-state index contributed by atoms with van der Waals surface area (Å²) in [4.78, 5) is 29.6.